The number of esters is 1. The number of carbonyl (C=O) groups excluding carboxylic acids is 1. The Hall–Kier alpha value is -0.350. The van der Waals surface area contributed by atoms with Crippen LogP contribution >= 0.6 is 0 Å². The van der Waals surface area contributed by atoms with E-state index in [1.807, 2.05) is 6.92 Å². The summed E-state index contributed by atoms with van der Waals surface area (Å²) in [5.74, 6) is -3.26. The molecule has 4 atom stereocenters. The van der Waals surface area contributed by atoms with E-state index in [4.69, 9.17) is 9.84 Å². The fraction of sp³-hybridized carbons (Fsp3) is 0.824. The van der Waals surface area contributed by atoms with E-state index in [0.29, 0.717) is 6.42 Å². The van der Waals surface area contributed by atoms with E-state index in [9.17, 15) is 30.3 Å². The Bertz CT molecular complexity index is 497. The summed E-state index contributed by atoms with van der Waals surface area (Å²) in [6.07, 6.45) is -0.249. The second-order valence-corrected chi connectivity index (χ2v) is 6.61. The maximum atomic E-state index is 11.8. The zero-order valence-corrected chi connectivity index (χ0v) is 17.8. The number of cyclic esters (lactones) is 1. The Kier molecular flexibility index (Phi) is 10.7. The van der Waals surface area contributed by atoms with Gasteiger partial charge < -0.3 is 35.4 Å². The monoisotopic (exact) mass is 385 g/mol. The average Bonchev–Trinajstić information content (AvgIpc) is 2.82. The van der Waals surface area contributed by atoms with E-state index in [-0.39, 0.29) is 42.4 Å². The van der Waals surface area contributed by atoms with Crippen LogP contribution < -0.4 is 0 Å². The zero-order chi connectivity index (χ0) is 19.3. The van der Waals surface area contributed by atoms with Gasteiger partial charge in [0.05, 0.1) is 18.8 Å². The van der Waals surface area contributed by atoms with Gasteiger partial charge in [0, 0.05) is 36.0 Å². The van der Waals surface area contributed by atoms with Crippen LogP contribution in [-0.2, 0) is 9.53 Å². The van der Waals surface area contributed by atoms with E-state index < -0.39 is 53.9 Å². The van der Waals surface area contributed by atoms with Crippen molar-refractivity contribution in [2.75, 3.05) is 6.61 Å². The topological polar surface area (TPSA) is 148 Å². The molecule has 0 amide bonds. The first-order valence-corrected chi connectivity index (χ1v) is 8.75. The smallest absolute Gasteiger partial charge is 0.378 e. The minimum absolute atomic E-state index is 0. The molecule has 147 valence electrons. The largest absolute Gasteiger partial charge is 0.505 e. The molecule has 0 spiro atoms. The molecule has 1 aliphatic rings. The van der Waals surface area contributed by atoms with Crippen molar-refractivity contribution in [1.82, 2.24) is 0 Å². The predicted molar refractivity (Wildman–Crippen MR) is 94.6 cm³/mol. The van der Waals surface area contributed by atoms with Crippen LogP contribution in [0.2, 0.25) is 0 Å². The third-order valence-electron chi connectivity index (χ3n) is 4.85. The summed E-state index contributed by atoms with van der Waals surface area (Å²) >= 11 is 0. The van der Waals surface area contributed by atoms with Crippen molar-refractivity contribution in [3.05, 3.63) is 11.5 Å². The van der Waals surface area contributed by atoms with Crippen molar-refractivity contribution in [2.24, 2.45) is 0 Å². The maximum Gasteiger partial charge on any atom is 0.378 e. The number of aliphatic hydroxyl groups excluding tert-OH is 5. The molecular weight excluding hydrogens is 355 g/mol. The van der Waals surface area contributed by atoms with Gasteiger partial charge in [-0.15, -0.1) is 0 Å². The molecule has 0 saturated carbocycles. The van der Waals surface area contributed by atoms with Crippen LogP contribution in [0.25, 0.3) is 0 Å². The van der Waals surface area contributed by atoms with Gasteiger partial charge in [0.15, 0.2) is 5.76 Å². The summed E-state index contributed by atoms with van der Waals surface area (Å²) < 4.78 is 5.10. The second kappa shape index (κ2) is 10.8. The third-order valence-corrected chi connectivity index (χ3v) is 4.85. The zero-order valence-electron chi connectivity index (χ0n) is 15.8. The summed E-state index contributed by atoms with van der Waals surface area (Å²) in [6, 6.07) is 0. The van der Waals surface area contributed by atoms with Crippen LogP contribution in [-0.4, -0.2) is 96.2 Å². The van der Waals surface area contributed by atoms with Crippen LogP contribution in [0.1, 0.15) is 58.8 Å². The minimum Gasteiger partial charge on any atom is -0.505 e. The first-order chi connectivity index (χ1) is 11.7. The standard InChI is InChI=1S/C17H30O8.Na/c1-3-5-6-7-8-16(24,12(20)4-2)17(9-11(19)10-18)14(22)13(21)15(23)25-17;/h11-12,18-22,24H,3-10H2,1-2H3;/t11?,12?,16-,17-;/m0./s1. The van der Waals surface area contributed by atoms with Gasteiger partial charge in [-0.1, -0.05) is 39.5 Å². The summed E-state index contributed by atoms with van der Waals surface area (Å²) in [6.45, 7) is 2.91. The molecular formula is C17H30NaO8. The van der Waals surface area contributed by atoms with Gasteiger partial charge in [0.25, 0.3) is 0 Å². The number of carbonyl (C=O) groups is 1. The average molecular weight is 385 g/mol. The molecule has 1 radical (unpaired) electrons. The molecule has 0 aromatic rings. The van der Waals surface area contributed by atoms with E-state index in [2.05, 4.69) is 0 Å². The molecule has 26 heavy (non-hydrogen) atoms. The first-order valence-electron chi connectivity index (χ1n) is 8.75. The van der Waals surface area contributed by atoms with Gasteiger partial charge in [-0.25, -0.2) is 4.79 Å². The molecule has 0 saturated heterocycles. The summed E-state index contributed by atoms with van der Waals surface area (Å²) in [5, 5.41) is 60.7. The van der Waals surface area contributed by atoms with Crippen molar-refractivity contribution < 1.29 is 40.2 Å². The molecule has 1 rings (SSSR count). The van der Waals surface area contributed by atoms with Crippen LogP contribution in [0.15, 0.2) is 11.5 Å². The molecule has 0 aromatic carbocycles. The van der Waals surface area contributed by atoms with Crippen LogP contribution in [0.3, 0.4) is 0 Å². The molecule has 0 fully saturated rings. The van der Waals surface area contributed by atoms with Gasteiger partial charge in [0.1, 0.15) is 5.60 Å². The van der Waals surface area contributed by atoms with Crippen molar-refractivity contribution in [3.63, 3.8) is 0 Å². The quantitative estimate of drug-likeness (QED) is 0.171. The fourth-order valence-electron chi connectivity index (χ4n) is 3.34. The van der Waals surface area contributed by atoms with Crippen molar-refractivity contribution in [2.45, 2.75) is 82.2 Å². The Morgan fingerprint density at radius 3 is 2.19 bits per heavy atom. The van der Waals surface area contributed by atoms with Gasteiger partial charge >= 0.3 is 5.97 Å². The number of unbranched alkanes of at least 4 members (excludes halogenated alkanes) is 3. The SMILES string of the molecule is CCCCCC[C@](O)(C(O)CC)[C@@]1(CC(O)CO)OC(=O)C(O)=C1O.[Na]. The van der Waals surface area contributed by atoms with E-state index in [0.717, 1.165) is 19.3 Å². The summed E-state index contributed by atoms with van der Waals surface area (Å²) in [5.41, 5.74) is -4.35. The Morgan fingerprint density at radius 2 is 1.77 bits per heavy atom. The van der Waals surface area contributed by atoms with Crippen molar-refractivity contribution in [1.29, 1.82) is 0 Å². The van der Waals surface area contributed by atoms with Crippen LogP contribution in [0.5, 0.6) is 0 Å². The first kappa shape index (κ1) is 25.6. The second-order valence-electron chi connectivity index (χ2n) is 6.61. The predicted octanol–water partition coefficient (Wildman–Crippen LogP) is 0.444. The van der Waals surface area contributed by atoms with E-state index >= 15 is 0 Å². The number of hydrogen-bond donors (Lipinski definition) is 6. The number of hydrogen-bond acceptors (Lipinski definition) is 8. The maximum absolute atomic E-state index is 11.8. The summed E-state index contributed by atoms with van der Waals surface area (Å²) in [4.78, 5) is 11.8. The Balaban J connectivity index is 0.00000625. The van der Waals surface area contributed by atoms with Crippen molar-refractivity contribution in [3.8, 4) is 0 Å². The number of ether oxygens (including phenoxy) is 1. The normalized spacial score (nSPS) is 24.6. The van der Waals surface area contributed by atoms with Crippen LogP contribution in [0, 0.1) is 0 Å². The molecule has 0 aliphatic carbocycles. The molecule has 0 bridgehead atoms. The molecule has 2 unspecified atom stereocenters. The summed E-state index contributed by atoms with van der Waals surface area (Å²) in [7, 11) is 0. The molecule has 8 nitrogen and oxygen atoms in total. The van der Waals surface area contributed by atoms with Gasteiger partial charge in [-0.05, 0) is 12.8 Å². The molecule has 1 aliphatic heterocycles. The molecule has 0 aromatic heterocycles. The van der Waals surface area contributed by atoms with E-state index in [1.54, 1.807) is 6.92 Å². The number of rotatable bonds is 11. The minimum atomic E-state index is -2.22. The van der Waals surface area contributed by atoms with E-state index in [1.165, 1.54) is 0 Å². The Labute approximate surface area is 175 Å². The Morgan fingerprint density at radius 1 is 1.15 bits per heavy atom. The van der Waals surface area contributed by atoms with Crippen molar-refractivity contribution >= 4 is 35.5 Å². The van der Waals surface area contributed by atoms with Gasteiger partial charge in [-0.3, -0.25) is 0 Å². The van der Waals surface area contributed by atoms with Gasteiger partial charge in [-0.2, -0.15) is 0 Å². The number of aliphatic hydroxyl groups is 6. The van der Waals surface area contributed by atoms with Gasteiger partial charge in [0.2, 0.25) is 11.4 Å². The van der Waals surface area contributed by atoms with Crippen LogP contribution in [0.4, 0.5) is 0 Å². The molecule has 1 heterocycles. The third kappa shape index (κ3) is 4.92. The molecule has 6 N–H and O–H groups in total. The fourth-order valence-corrected chi connectivity index (χ4v) is 3.34. The molecule has 9 heteroatoms.